The predicted octanol–water partition coefficient (Wildman–Crippen LogP) is 8.56. The van der Waals surface area contributed by atoms with Crippen LogP contribution in [0, 0.1) is 46.3 Å². The number of nitrogens with one attached hydrogen (secondary N) is 1. The Balaban J connectivity index is 0.944. The molecule has 3 N–H and O–H groups in total. The Labute approximate surface area is 348 Å². The summed E-state index contributed by atoms with van der Waals surface area (Å²) in [6.07, 6.45) is 15.7. The molecule has 0 aromatic carbocycles. The van der Waals surface area contributed by atoms with Gasteiger partial charge in [0, 0.05) is 32.5 Å². The van der Waals surface area contributed by atoms with Gasteiger partial charge in [-0.3, -0.25) is 27.7 Å². The summed E-state index contributed by atoms with van der Waals surface area (Å²) in [5.74, 6) is 4.19. The molecule has 1 aliphatic heterocycles. The number of phosphoric acid groups is 2. The van der Waals surface area contributed by atoms with E-state index in [-0.39, 0.29) is 49.3 Å². The first-order valence-electron chi connectivity index (χ1n) is 22.1. The monoisotopic (exact) mass is 855 g/mol. The highest BCUT2D eigenvalue weighted by atomic mass is 31.2. The van der Waals surface area contributed by atoms with Crippen LogP contribution < -0.4 is 5.32 Å². The number of unbranched alkanes of at least 4 members (excludes halogenated alkanes) is 2. The van der Waals surface area contributed by atoms with Crippen molar-refractivity contribution in [2.45, 2.75) is 168 Å². The van der Waals surface area contributed by atoms with Crippen molar-refractivity contribution < 1.29 is 56.1 Å². The summed E-state index contributed by atoms with van der Waals surface area (Å²) in [6.45, 7) is 12.2. The number of allylic oxidation sites excluding steroid dienone is 1. The number of hydrogen-bond acceptors (Lipinski definition) is 10. The zero-order valence-electron chi connectivity index (χ0n) is 35.9. The second-order valence-electron chi connectivity index (χ2n) is 18.9. The molecule has 0 bridgehead atoms. The van der Waals surface area contributed by atoms with Crippen molar-refractivity contribution in [3.8, 4) is 0 Å². The average molecular weight is 856 g/mol. The summed E-state index contributed by atoms with van der Waals surface area (Å²) in [5, 5.41) is 2.83. The van der Waals surface area contributed by atoms with Gasteiger partial charge in [-0.2, -0.15) is 0 Å². The quantitative estimate of drug-likeness (QED) is 0.0312. The Hall–Kier alpha value is -1.08. The second-order valence-corrected chi connectivity index (χ2v) is 21.9. The lowest BCUT2D eigenvalue weighted by Crippen LogP contribution is -2.51. The van der Waals surface area contributed by atoms with E-state index in [1.54, 1.807) is 0 Å². The van der Waals surface area contributed by atoms with Gasteiger partial charge < -0.3 is 24.6 Å². The lowest BCUT2D eigenvalue weighted by molar-refractivity contribution is -0.152. The van der Waals surface area contributed by atoms with E-state index in [0.717, 1.165) is 62.4 Å². The maximum atomic E-state index is 12.8. The number of hydrogen-bond donors (Lipinski definition) is 3. The van der Waals surface area contributed by atoms with Crippen molar-refractivity contribution in [1.82, 2.24) is 5.32 Å². The molecule has 1 heterocycles. The first-order valence-corrected chi connectivity index (χ1v) is 25.1. The number of esters is 1. The van der Waals surface area contributed by atoms with Crippen molar-refractivity contribution in [1.29, 1.82) is 0 Å². The van der Waals surface area contributed by atoms with E-state index >= 15 is 0 Å². The zero-order valence-corrected chi connectivity index (χ0v) is 37.7. The van der Waals surface area contributed by atoms with Gasteiger partial charge in [0.2, 0.25) is 5.91 Å². The van der Waals surface area contributed by atoms with E-state index in [1.807, 2.05) is 0 Å². The zero-order chi connectivity index (χ0) is 42.3. The van der Waals surface area contributed by atoms with Gasteiger partial charge in [0.25, 0.3) is 0 Å². The summed E-state index contributed by atoms with van der Waals surface area (Å²) < 4.78 is 54.8. The molecule has 1 amide bonds. The number of phosphoric ester groups is 2. The molecule has 330 valence electrons. The minimum Gasteiger partial charge on any atom is -0.462 e. The Bertz CT molecular complexity index is 1520. The van der Waals surface area contributed by atoms with E-state index in [1.165, 1.54) is 50.5 Å². The van der Waals surface area contributed by atoms with Crippen molar-refractivity contribution in [2.75, 3.05) is 26.9 Å². The van der Waals surface area contributed by atoms with Crippen molar-refractivity contribution in [3.05, 3.63) is 11.6 Å². The third-order valence-corrected chi connectivity index (χ3v) is 16.6. The summed E-state index contributed by atoms with van der Waals surface area (Å²) >= 11 is 0. The Morgan fingerprint density at radius 3 is 2.48 bits per heavy atom. The molecule has 2 radical (unpaired) electrons. The molecule has 13 atom stereocenters. The van der Waals surface area contributed by atoms with E-state index in [9.17, 15) is 28.5 Å². The van der Waals surface area contributed by atoms with Gasteiger partial charge >= 0.3 is 21.6 Å². The molecular formula is C42H72BNO12P2. The molecule has 4 fully saturated rings. The molecule has 5 rings (SSSR count). The van der Waals surface area contributed by atoms with Gasteiger partial charge in [-0.05, 0) is 117 Å². The topological polar surface area (TPSA) is 176 Å². The number of fused-ring (bicyclic) bond motifs is 5. The number of carbonyl (C=O) groups excluding carboxylic acids is 2. The van der Waals surface area contributed by atoms with Gasteiger partial charge in [0.15, 0.2) is 0 Å². The van der Waals surface area contributed by atoms with Crippen LogP contribution >= 0.6 is 15.6 Å². The fourth-order valence-corrected chi connectivity index (χ4v) is 13.0. The largest absolute Gasteiger partial charge is 0.472 e. The molecule has 3 saturated carbocycles. The van der Waals surface area contributed by atoms with Gasteiger partial charge in [-0.25, -0.2) is 9.13 Å². The molecule has 0 aromatic rings. The normalized spacial score (nSPS) is 35.8. The molecule has 0 spiro atoms. The van der Waals surface area contributed by atoms with Crippen molar-refractivity contribution >= 4 is 35.4 Å². The minimum absolute atomic E-state index is 0.0384. The molecule has 16 heteroatoms. The van der Waals surface area contributed by atoms with Crippen LogP contribution in [0.2, 0.25) is 0 Å². The average Bonchev–Trinajstić information content (AvgIpc) is 3.70. The van der Waals surface area contributed by atoms with Crippen LogP contribution in [0.5, 0.6) is 0 Å². The first-order chi connectivity index (χ1) is 27.4. The van der Waals surface area contributed by atoms with E-state index in [2.05, 4.69) is 50.5 Å². The minimum atomic E-state index is -4.44. The van der Waals surface area contributed by atoms with Crippen LogP contribution in [-0.4, -0.2) is 80.7 Å². The standard InChI is InChI=1S/C42H72BNO12P2/c1-28(2)11-10-12-29(3)33-15-16-34-32-14-13-30-25-31(19-21-41(30,4)35(32)20-22-42(33,34)5)54-40(46)18-17-39(45)44-23-8-7-9-24-52-58(49,50)53-27-37-36(26-38(43)55-37)56-57(47,48)51-6/h13,28-29,31-38H,7-12,14-27H2,1-6H3,(H,44,45)(H,47,48)(H,49,50)/t29?,31-,32-,33+,34-,35-,36+,37+,38+,41-,42+/m0/s1. The number of carbonyl (C=O) groups is 2. The Morgan fingerprint density at radius 2 is 1.74 bits per heavy atom. The SMILES string of the molecule is [B][C@H]1C[C@@H](OP(=O)(O)OC)[C@@H](COP(=O)(O)OCCCCCNC(=O)CCC(=O)O[C@H]2CC[C@@]3(C)C(=CC[C@H]4[C@@H]5CC[C@H](C(C)CCCC(C)C)[C@@]5(C)CC[C@@H]43)C2)O1. The molecule has 4 aliphatic carbocycles. The maximum Gasteiger partial charge on any atom is 0.472 e. The van der Waals surface area contributed by atoms with Crippen LogP contribution in [-0.2, 0) is 46.3 Å². The molecule has 1 saturated heterocycles. The lowest BCUT2D eigenvalue weighted by Gasteiger charge is -2.58. The smallest absolute Gasteiger partial charge is 0.462 e. The maximum absolute atomic E-state index is 12.8. The third kappa shape index (κ3) is 12.5. The van der Waals surface area contributed by atoms with Crippen LogP contribution in [0.15, 0.2) is 11.6 Å². The fraction of sp³-hybridized carbons (Fsp3) is 0.905. The molecule has 0 aromatic heterocycles. The molecular weight excluding hydrogens is 783 g/mol. The van der Waals surface area contributed by atoms with E-state index in [4.69, 9.17) is 30.9 Å². The van der Waals surface area contributed by atoms with Gasteiger partial charge in [0.1, 0.15) is 20.1 Å². The first kappa shape index (κ1) is 48.0. The molecule has 13 nitrogen and oxygen atoms in total. The molecule has 5 aliphatic rings. The van der Waals surface area contributed by atoms with E-state index in [0.29, 0.717) is 37.1 Å². The van der Waals surface area contributed by atoms with Crippen molar-refractivity contribution in [2.24, 2.45) is 46.3 Å². The highest BCUT2D eigenvalue weighted by molar-refractivity contribution is 7.47. The number of rotatable bonds is 22. The summed E-state index contributed by atoms with van der Waals surface area (Å²) in [7, 11) is -2.03. The Kier molecular flexibility index (Phi) is 17.3. The van der Waals surface area contributed by atoms with Crippen LogP contribution in [0.1, 0.15) is 144 Å². The van der Waals surface area contributed by atoms with Crippen molar-refractivity contribution in [3.63, 3.8) is 0 Å². The predicted molar refractivity (Wildman–Crippen MR) is 221 cm³/mol. The molecule has 3 unspecified atom stereocenters. The van der Waals surface area contributed by atoms with Crippen LogP contribution in [0.25, 0.3) is 0 Å². The summed E-state index contributed by atoms with van der Waals surface area (Å²) in [5.41, 5.74) is 2.14. The third-order valence-electron chi connectivity index (χ3n) is 14.6. The Morgan fingerprint density at radius 1 is 0.966 bits per heavy atom. The lowest BCUT2D eigenvalue weighted by atomic mass is 9.47. The fourth-order valence-electron chi connectivity index (χ4n) is 11.5. The van der Waals surface area contributed by atoms with Gasteiger partial charge in [-0.15, -0.1) is 0 Å². The van der Waals surface area contributed by atoms with Gasteiger partial charge in [0.05, 0.1) is 25.7 Å². The van der Waals surface area contributed by atoms with Gasteiger partial charge in [-0.1, -0.05) is 65.5 Å². The highest BCUT2D eigenvalue weighted by Gasteiger charge is 2.59. The number of amides is 1. The second kappa shape index (κ2) is 20.9. The highest BCUT2D eigenvalue weighted by Crippen LogP contribution is 2.67. The van der Waals surface area contributed by atoms with Crippen LogP contribution in [0.3, 0.4) is 0 Å². The van der Waals surface area contributed by atoms with E-state index < -0.39 is 40.5 Å². The number of ether oxygens (including phenoxy) is 2. The molecule has 58 heavy (non-hydrogen) atoms. The van der Waals surface area contributed by atoms with Crippen LogP contribution in [0.4, 0.5) is 0 Å². The summed E-state index contributed by atoms with van der Waals surface area (Å²) in [6, 6.07) is -0.808. The summed E-state index contributed by atoms with van der Waals surface area (Å²) in [4.78, 5) is 44.9.